The average molecular weight is 254 g/mol. The van der Waals surface area contributed by atoms with Crippen LogP contribution in [0.15, 0.2) is 18.2 Å². The summed E-state index contributed by atoms with van der Waals surface area (Å²) in [5.74, 6) is 0.949. The fourth-order valence-corrected chi connectivity index (χ4v) is 2.48. The molecular formula is C14H20ClNO. The Hall–Kier alpha value is -0.730. The van der Waals surface area contributed by atoms with Gasteiger partial charge in [-0.15, -0.1) is 0 Å². The van der Waals surface area contributed by atoms with Crippen molar-refractivity contribution in [1.29, 1.82) is 0 Å². The Kier molecular flexibility index (Phi) is 4.69. The first-order valence-corrected chi connectivity index (χ1v) is 6.76. The van der Waals surface area contributed by atoms with E-state index >= 15 is 0 Å². The minimum absolute atomic E-state index is 0.636. The molecule has 1 aromatic carbocycles. The van der Waals surface area contributed by atoms with Crippen molar-refractivity contribution < 1.29 is 4.74 Å². The van der Waals surface area contributed by atoms with Gasteiger partial charge in [-0.25, -0.2) is 0 Å². The second-order valence-corrected chi connectivity index (χ2v) is 5.13. The van der Waals surface area contributed by atoms with E-state index in [0.717, 1.165) is 35.9 Å². The molecule has 0 aliphatic carbocycles. The summed E-state index contributed by atoms with van der Waals surface area (Å²) in [6, 6.07) is 6.40. The number of benzene rings is 1. The third-order valence-electron chi connectivity index (χ3n) is 3.27. The lowest BCUT2D eigenvalue weighted by Crippen LogP contribution is -2.35. The van der Waals surface area contributed by atoms with Gasteiger partial charge >= 0.3 is 0 Å². The molecule has 1 aromatic rings. The second kappa shape index (κ2) is 6.27. The van der Waals surface area contributed by atoms with Crippen molar-refractivity contribution >= 4 is 11.6 Å². The molecule has 0 amide bonds. The van der Waals surface area contributed by atoms with Crippen LogP contribution in [-0.4, -0.2) is 19.2 Å². The van der Waals surface area contributed by atoms with Gasteiger partial charge in [-0.2, -0.15) is 0 Å². The van der Waals surface area contributed by atoms with E-state index in [1.165, 1.54) is 19.3 Å². The lowest BCUT2D eigenvalue weighted by atomic mass is 10.0. The van der Waals surface area contributed by atoms with Crippen LogP contribution in [0.3, 0.4) is 0 Å². The Labute approximate surface area is 108 Å². The van der Waals surface area contributed by atoms with Gasteiger partial charge < -0.3 is 10.1 Å². The van der Waals surface area contributed by atoms with Crippen molar-refractivity contribution in [1.82, 2.24) is 5.32 Å². The SMILES string of the molecule is Cc1cc(Cl)ccc1OCC[C@H]1CCCCN1. The predicted molar refractivity (Wildman–Crippen MR) is 71.9 cm³/mol. The van der Waals surface area contributed by atoms with Crippen LogP contribution >= 0.6 is 11.6 Å². The van der Waals surface area contributed by atoms with Gasteiger partial charge in [0.15, 0.2) is 0 Å². The molecule has 1 heterocycles. The van der Waals surface area contributed by atoms with Crippen LogP contribution < -0.4 is 10.1 Å². The molecule has 3 heteroatoms. The summed E-state index contributed by atoms with van der Waals surface area (Å²) in [5.41, 5.74) is 1.11. The molecule has 1 fully saturated rings. The van der Waals surface area contributed by atoms with E-state index in [1.807, 2.05) is 25.1 Å². The molecule has 17 heavy (non-hydrogen) atoms. The molecule has 1 saturated heterocycles. The van der Waals surface area contributed by atoms with Gasteiger partial charge in [0, 0.05) is 11.1 Å². The first-order chi connectivity index (χ1) is 8.25. The maximum absolute atomic E-state index is 5.91. The van der Waals surface area contributed by atoms with Gasteiger partial charge in [0.05, 0.1) is 6.61 Å². The number of halogens is 1. The topological polar surface area (TPSA) is 21.3 Å². The number of ether oxygens (including phenoxy) is 1. The first-order valence-electron chi connectivity index (χ1n) is 6.38. The highest BCUT2D eigenvalue weighted by Gasteiger charge is 2.12. The van der Waals surface area contributed by atoms with Gasteiger partial charge in [-0.05, 0) is 56.5 Å². The third kappa shape index (κ3) is 3.90. The molecule has 1 N–H and O–H groups in total. The highest BCUT2D eigenvalue weighted by Crippen LogP contribution is 2.22. The summed E-state index contributed by atoms with van der Waals surface area (Å²) in [4.78, 5) is 0. The van der Waals surface area contributed by atoms with Crippen molar-refractivity contribution in [3.05, 3.63) is 28.8 Å². The molecule has 0 aromatic heterocycles. The molecule has 0 radical (unpaired) electrons. The second-order valence-electron chi connectivity index (χ2n) is 4.69. The lowest BCUT2D eigenvalue weighted by molar-refractivity contribution is 0.267. The smallest absolute Gasteiger partial charge is 0.122 e. The normalized spacial score (nSPS) is 20.2. The van der Waals surface area contributed by atoms with Crippen LogP contribution in [-0.2, 0) is 0 Å². The van der Waals surface area contributed by atoms with Crippen LogP contribution in [0.4, 0.5) is 0 Å². The number of aryl methyl sites for hydroxylation is 1. The Morgan fingerprint density at radius 2 is 2.29 bits per heavy atom. The summed E-state index contributed by atoms with van der Waals surface area (Å²) < 4.78 is 5.80. The number of hydrogen-bond acceptors (Lipinski definition) is 2. The Balaban J connectivity index is 1.77. The largest absolute Gasteiger partial charge is 0.493 e. The zero-order chi connectivity index (χ0) is 12.1. The molecule has 2 rings (SSSR count). The van der Waals surface area contributed by atoms with Gasteiger partial charge in [-0.3, -0.25) is 0 Å². The number of nitrogens with one attached hydrogen (secondary N) is 1. The van der Waals surface area contributed by atoms with Crippen LogP contribution in [0.1, 0.15) is 31.2 Å². The van der Waals surface area contributed by atoms with Crippen molar-refractivity contribution in [2.75, 3.05) is 13.2 Å². The van der Waals surface area contributed by atoms with Gasteiger partial charge in [0.25, 0.3) is 0 Å². The molecule has 94 valence electrons. The van der Waals surface area contributed by atoms with E-state index in [1.54, 1.807) is 0 Å². The Bertz CT molecular complexity index is 361. The first kappa shape index (κ1) is 12.7. The maximum Gasteiger partial charge on any atom is 0.122 e. The van der Waals surface area contributed by atoms with Crippen LogP contribution in [0.5, 0.6) is 5.75 Å². The minimum Gasteiger partial charge on any atom is -0.493 e. The standard InChI is InChI=1S/C14H20ClNO/c1-11-10-12(15)5-6-14(11)17-9-7-13-4-2-3-8-16-13/h5-6,10,13,16H,2-4,7-9H2,1H3/t13-/m1/s1. The summed E-state index contributed by atoms with van der Waals surface area (Å²) in [7, 11) is 0. The third-order valence-corrected chi connectivity index (χ3v) is 3.51. The molecule has 0 unspecified atom stereocenters. The average Bonchev–Trinajstić information content (AvgIpc) is 2.33. The summed E-state index contributed by atoms with van der Waals surface area (Å²) in [6.45, 7) is 3.96. The number of piperidine rings is 1. The predicted octanol–water partition coefficient (Wildman–Crippen LogP) is 3.56. The highest BCUT2D eigenvalue weighted by molar-refractivity contribution is 6.30. The summed E-state index contributed by atoms with van der Waals surface area (Å²) >= 11 is 5.91. The van der Waals surface area contributed by atoms with E-state index in [0.29, 0.717) is 6.04 Å². The van der Waals surface area contributed by atoms with E-state index in [4.69, 9.17) is 16.3 Å². The van der Waals surface area contributed by atoms with Gasteiger partial charge in [0.2, 0.25) is 0 Å². The Morgan fingerprint density at radius 1 is 1.41 bits per heavy atom. The van der Waals surface area contributed by atoms with Crippen molar-refractivity contribution in [2.24, 2.45) is 0 Å². The van der Waals surface area contributed by atoms with Crippen molar-refractivity contribution in [2.45, 2.75) is 38.6 Å². The van der Waals surface area contributed by atoms with Crippen LogP contribution in [0.25, 0.3) is 0 Å². The van der Waals surface area contributed by atoms with E-state index < -0.39 is 0 Å². The zero-order valence-corrected chi connectivity index (χ0v) is 11.1. The molecule has 2 nitrogen and oxygen atoms in total. The zero-order valence-electron chi connectivity index (χ0n) is 10.3. The van der Waals surface area contributed by atoms with Gasteiger partial charge in [-0.1, -0.05) is 18.0 Å². The number of rotatable bonds is 4. The molecule has 1 aliphatic heterocycles. The lowest BCUT2D eigenvalue weighted by Gasteiger charge is -2.23. The summed E-state index contributed by atoms with van der Waals surface area (Å²) in [5, 5.41) is 4.30. The Morgan fingerprint density at radius 3 is 3.00 bits per heavy atom. The monoisotopic (exact) mass is 253 g/mol. The van der Waals surface area contributed by atoms with Gasteiger partial charge in [0.1, 0.15) is 5.75 Å². The fourth-order valence-electron chi connectivity index (χ4n) is 2.26. The van der Waals surface area contributed by atoms with E-state index in [9.17, 15) is 0 Å². The van der Waals surface area contributed by atoms with Crippen LogP contribution in [0, 0.1) is 6.92 Å². The van der Waals surface area contributed by atoms with Crippen molar-refractivity contribution in [3.8, 4) is 5.75 Å². The van der Waals surface area contributed by atoms with Crippen LogP contribution in [0.2, 0.25) is 5.02 Å². The molecule has 1 atom stereocenters. The maximum atomic E-state index is 5.91. The summed E-state index contributed by atoms with van der Waals surface area (Å²) in [6.07, 6.45) is 5.02. The highest BCUT2D eigenvalue weighted by atomic mass is 35.5. The molecule has 1 aliphatic rings. The van der Waals surface area contributed by atoms with E-state index in [-0.39, 0.29) is 0 Å². The molecule has 0 spiro atoms. The molecule has 0 bridgehead atoms. The fraction of sp³-hybridized carbons (Fsp3) is 0.571. The quantitative estimate of drug-likeness (QED) is 0.886. The molecular weight excluding hydrogens is 234 g/mol. The molecule has 0 saturated carbocycles. The van der Waals surface area contributed by atoms with Crippen molar-refractivity contribution in [3.63, 3.8) is 0 Å². The number of hydrogen-bond donors (Lipinski definition) is 1. The minimum atomic E-state index is 0.636. The van der Waals surface area contributed by atoms with E-state index in [2.05, 4.69) is 5.32 Å².